The molecule has 0 fully saturated rings. The molecule has 0 spiro atoms. The van der Waals surface area contributed by atoms with Crippen LogP contribution in [0.25, 0.3) is 0 Å². The van der Waals surface area contributed by atoms with E-state index in [1.54, 1.807) is 18.2 Å². The number of hydrogen-bond acceptors (Lipinski definition) is 4. The Bertz CT molecular complexity index is 658. The van der Waals surface area contributed by atoms with E-state index in [9.17, 15) is 4.79 Å². The van der Waals surface area contributed by atoms with Crippen molar-refractivity contribution in [2.75, 3.05) is 26.4 Å². The van der Waals surface area contributed by atoms with E-state index in [0.717, 1.165) is 5.56 Å². The van der Waals surface area contributed by atoms with E-state index in [1.165, 1.54) is 0 Å². The number of benzene rings is 2. The van der Waals surface area contributed by atoms with Crippen molar-refractivity contribution in [3.8, 4) is 11.5 Å². The first-order valence-corrected chi connectivity index (χ1v) is 8.54. The van der Waals surface area contributed by atoms with Gasteiger partial charge in [-0.25, -0.2) is 0 Å². The van der Waals surface area contributed by atoms with E-state index in [4.69, 9.17) is 14.2 Å². The van der Waals surface area contributed by atoms with Crippen LogP contribution in [0, 0.1) is 0 Å². The number of nitrogens with one attached hydrogen (secondary N) is 1. The first-order chi connectivity index (χ1) is 12.2. The monoisotopic (exact) mass is 343 g/mol. The van der Waals surface area contributed by atoms with Crippen molar-refractivity contribution >= 4 is 5.91 Å². The zero-order chi connectivity index (χ0) is 17.9. The number of amides is 1. The van der Waals surface area contributed by atoms with Crippen LogP contribution in [0.15, 0.2) is 48.5 Å². The van der Waals surface area contributed by atoms with Crippen LogP contribution in [-0.4, -0.2) is 32.3 Å². The standard InChI is InChI=1S/C20H25NO4/c1-3-24-18-11-10-17(14-19(18)25-4-2)20(22)21-12-13-23-15-16-8-6-5-7-9-16/h5-11,14H,3-4,12-13,15H2,1-2H3,(H,21,22). The Morgan fingerprint density at radius 1 is 0.960 bits per heavy atom. The molecule has 0 aromatic heterocycles. The minimum Gasteiger partial charge on any atom is -0.490 e. The third kappa shape index (κ3) is 6.12. The number of carbonyl (C=O) groups is 1. The third-order valence-electron chi connectivity index (χ3n) is 3.45. The van der Waals surface area contributed by atoms with Gasteiger partial charge < -0.3 is 19.5 Å². The molecule has 0 bridgehead atoms. The second-order valence-electron chi connectivity index (χ2n) is 5.32. The Balaban J connectivity index is 1.80. The molecular formula is C20H25NO4. The topological polar surface area (TPSA) is 56.8 Å². The van der Waals surface area contributed by atoms with E-state index in [2.05, 4.69) is 5.32 Å². The summed E-state index contributed by atoms with van der Waals surface area (Å²) >= 11 is 0. The van der Waals surface area contributed by atoms with Crippen LogP contribution in [0.3, 0.4) is 0 Å². The second kappa shape index (κ2) is 10.4. The molecule has 2 aromatic rings. The van der Waals surface area contributed by atoms with Crippen molar-refractivity contribution in [1.29, 1.82) is 0 Å². The molecule has 0 aliphatic heterocycles. The van der Waals surface area contributed by atoms with Crippen molar-refractivity contribution in [2.45, 2.75) is 20.5 Å². The molecule has 0 atom stereocenters. The molecular weight excluding hydrogens is 318 g/mol. The molecule has 2 rings (SSSR count). The molecule has 1 amide bonds. The van der Waals surface area contributed by atoms with E-state index in [1.807, 2.05) is 44.2 Å². The largest absolute Gasteiger partial charge is 0.490 e. The molecule has 0 radical (unpaired) electrons. The van der Waals surface area contributed by atoms with E-state index < -0.39 is 0 Å². The highest BCUT2D eigenvalue weighted by atomic mass is 16.5. The Morgan fingerprint density at radius 3 is 2.40 bits per heavy atom. The molecule has 0 unspecified atom stereocenters. The molecule has 134 valence electrons. The fourth-order valence-electron chi connectivity index (χ4n) is 2.30. The average Bonchev–Trinajstić information content (AvgIpc) is 2.64. The number of hydrogen-bond donors (Lipinski definition) is 1. The van der Waals surface area contributed by atoms with E-state index >= 15 is 0 Å². The number of ether oxygens (including phenoxy) is 3. The van der Waals surface area contributed by atoms with Gasteiger partial charge in [0.2, 0.25) is 0 Å². The number of rotatable bonds is 10. The zero-order valence-electron chi connectivity index (χ0n) is 14.8. The Kier molecular flexibility index (Phi) is 7.79. The fourth-order valence-corrected chi connectivity index (χ4v) is 2.30. The zero-order valence-corrected chi connectivity index (χ0v) is 14.8. The van der Waals surface area contributed by atoms with Crippen LogP contribution in [-0.2, 0) is 11.3 Å². The Hall–Kier alpha value is -2.53. The van der Waals surface area contributed by atoms with Gasteiger partial charge in [0.25, 0.3) is 5.91 Å². The van der Waals surface area contributed by atoms with Crippen molar-refractivity contribution in [3.63, 3.8) is 0 Å². The SMILES string of the molecule is CCOc1ccc(C(=O)NCCOCc2ccccc2)cc1OCC. The second-order valence-corrected chi connectivity index (χ2v) is 5.32. The summed E-state index contributed by atoms with van der Waals surface area (Å²) in [6.45, 7) is 6.30. The van der Waals surface area contributed by atoms with Gasteiger partial charge in [-0.05, 0) is 37.6 Å². The summed E-state index contributed by atoms with van der Waals surface area (Å²) in [7, 11) is 0. The van der Waals surface area contributed by atoms with Crippen LogP contribution in [0.2, 0.25) is 0 Å². The minimum absolute atomic E-state index is 0.160. The molecule has 1 N–H and O–H groups in total. The normalized spacial score (nSPS) is 10.3. The van der Waals surface area contributed by atoms with Crippen LogP contribution < -0.4 is 14.8 Å². The van der Waals surface area contributed by atoms with E-state index in [-0.39, 0.29) is 5.91 Å². The molecule has 0 aliphatic rings. The fraction of sp³-hybridized carbons (Fsp3) is 0.350. The average molecular weight is 343 g/mol. The van der Waals surface area contributed by atoms with Gasteiger partial charge in [0.1, 0.15) is 0 Å². The number of carbonyl (C=O) groups excluding carboxylic acids is 1. The molecule has 0 saturated carbocycles. The lowest BCUT2D eigenvalue weighted by Crippen LogP contribution is -2.27. The van der Waals surface area contributed by atoms with Gasteiger partial charge in [-0.2, -0.15) is 0 Å². The van der Waals surface area contributed by atoms with Crippen LogP contribution in [0.4, 0.5) is 0 Å². The molecule has 0 heterocycles. The lowest BCUT2D eigenvalue weighted by Gasteiger charge is -2.12. The van der Waals surface area contributed by atoms with Crippen LogP contribution >= 0.6 is 0 Å². The van der Waals surface area contributed by atoms with Crippen molar-refractivity contribution in [2.24, 2.45) is 0 Å². The molecule has 25 heavy (non-hydrogen) atoms. The van der Waals surface area contributed by atoms with Gasteiger partial charge in [-0.15, -0.1) is 0 Å². The summed E-state index contributed by atoms with van der Waals surface area (Å²) in [5.74, 6) is 1.07. The van der Waals surface area contributed by atoms with Crippen LogP contribution in [0.1, 0.15) is 29.8 Å². The van der Waals surface area contributed by atoms with Gasteiger partial charge in [-0.3, -0.25) is 4.79 Å². The smallest absolute Gasteiger partial charge is 0.251 e. The third-order valence-corrected chi connectivity index (χ3v) is 3.45. The molecule has 5 heteroatoms. The van der Waals surface area contributed by atoms with Crippen LogP contribution in [0.5, 0.6) is 11.5 Å². The van der Waals surface area contributed by atoms with Gasteiger partial charge in [0.15, 0.2) is 11.5 Å². The van der Waals surface area contributed by atoms with Gasteiger partial charge in [-0.1, -0.05) is 30.3 Å². The maximum Gasteiger partial charge on any atom is 0.251 e. The summed E-state index contributed by atoms with van der Waals surface area (Å²) in [5, 5.41) is 2.85. The maximum absolute atomic E-state index is 12.2. The highest BCUT2D eigenvalue weighted by molar-refractivity contribution is 5.94. The first kappa shape index (κ1) is 18.8. The lowest BCUT2D eigenvalue weighted by atomic mass is 10.2. The Morgan fingerprint density at radius 2 is 1.68 bits per heavy atom. The first-order valence-electron chi connectivity index (χ1n) is 8.54. The van der Waals surface area contributed by atoms with Gasteiger partial charge >= 0.3 is 0 Å². The maximum atomic E-state index is 12.2. The summed E-state index contributed by atoms with van der Waals surface area (Å²) < 4.78 is 16.6. The van der Waals surface area contributed by atoms with Gasteiger partial charge in [0, 0.05) is 12.1 Å². The van der Waals surface area contributed by atoms with Gasteiger partial charge in [0.05, 0.1) is 26.4 Å². The summed E-state index contributed by atoms with van der Waals surface area (Å²) in [6.07, 6.45) is 0. The van der Waals surface area contributed by atoms with E-state index in [0.29, 0.717) is 50.0 Å². The highest BCUT2D eigenvalue weighted by Crippen LogP contribution is 2.28. The summed E-state index contributed by atoms with van der Waals surface area (Å²) in [4.78, 5) is 12.2. The predicted octanol–water partition coefficient (Wildman–Crippen LogP) is 3.43. The Labute approximate surface area is 148 Å². The molecule has 0 aliphatic carbocycles. The molecule has 5 nitrogen and oxygen atoms in total. The quantitative estimate of drug-likeness (QED) is 0.672. The summed E-state index contributed by atoms with van der Waals surface area (Å²) in [5.41, 5.74) is 1.65. The van der Waals surface area contributed by atoms with Crippen molar-refractivity contribution in [3.05, 3.63) is 59.7 Å². The van der Waals surface area contributed by atoms with Crippen molar-refractivity contribution < 1.29 is 19.0 Å². The minimum atomic E-state index is -0.160. The van der Waals surface area contributed by atoms with Crippen molar-refractivity contribution in [1.82, 2.24) is 5.32 Å². The molecule has 2 aromatic carbocycles. The molecule has 0 saturated heterocycles. The lowest BCUT2D eigenvalue weighted by molar-refractivity contribution is 0.0900. The summed E-state index contributed by atoms with van der Waals surface area (Å²) in [6, 6.07) is 15.1. The predicted molar refractivity (Wildman–Crippen MR) is 97.2 cm³/mol. The highest BCUT2D eigenvalue weighted by Gasteiger charge is 2.11.